The molecule has 0 amide bonds. The van der Waals surface area contributed by atoms with Crippen LogP contribution in [0.4, 0.5) is 0 Å². The Morgan fingerprint density at radius 2 is 2.27 bits per heavy atom. The second kappa shape index (κ2) is 8.22. The first-order valence-corrected chi connectivity index (χ1v) is 4.39. The lowest BCUT2D eigenvalue weighted by atomic mass is 10.3. The highest BCUT2D eigenvalue weighted by molar-refractivity contribution is 5.73. The molecule has 6 heteroatoms. The standard InChI is InChI=1S/C9H17NO5/c1-7(2)15-5-10-8(9(11)12)4-14-6-13-3/h8,10H,1,4-6H2,2-3H3,(H,11,12). The zero-order chi connectivity index (χ0) is 11.7. The van der Waals surface area contributed by atoms with Gasteiger partial charge in [0, 0.05) is 7.11 Å². The minimum Gasteiger partial charge on any atom is -0.484 e. The van der Waals surface area contributed by atoms with E-state index in [1.54, 1.807) is 6.92 Å². The fourth-order valence-electron chi connectivity index (χ4n) is 0.732. The highest BCUT2D eigenvalue weighted by Crippen LogP contribution is 1.91. The Bertz CT molecular complexity index is 207. The minimum absolute atomic E-state index is 0.0166. The lowest BCUT2D eigenvalue weighted by Gasteiger charge is -2.14. The molecule has 0 spiro atoms. The SMILES string of the molecule is C=C(C)OCNC(COCOC)C(=O)O. The summed E-state index contributed by atoms with van der Waals surface area (Å²) in [4.78, 5) is 10.7. The quantitative estimate of drug-likeness (QED) is 0.327. The fourth-order valence-corrected chi connectivity index (χ4v) is 0.732. The van der Waals surface area contributed by atoms with E-state index < -0.39 is 12.0 Å². The Balaban J connectivity index is 3.73. The molecular formula is C9H17NO5. The Morgan fingerprint density at radius 1 is 1.60 bits per heavy atom. The molecule has 15 heavy (non-hydrogen) atoms. The van der Waals surface area contributed by atoms with Gasteiger partial charge in [0.25, 0.3) is 0 Å². The molecule has 0 aliphatic rings. The number of carboxylic acids is 1. The van der Waals surface area contributed by atoms with Crippen LogP contribution in [0.15, 0.2) is 12.3 Å². The number of methoxy groups -OCH3 is 1. The van der Waals surface area contributed by atoms with Gasteiger partial charge in [-0.2, -0.15) is 0 Å². The van der Waals surface area contributed by atoms with E-state index in [1.165, 1.54) is 7.11 Å². The second-order valence-electron chi connectivity index (χ2n) is 2.86. The maximum atomic E-state index is 10.7. The van der Waals surface area contributed by atoms with Crippen LogP contribution < -0.4 is 5.32 Å². The van der Waals surface area contributed by atoms with Gasteiger partial charge in [-0.15, -0.1) is 0 Å². The van der Waals surface area contributed by atoms with E-state index in [9.17, 15) is 4.79 Å². The molecule has 0 fully saturated rings. The van der Waals surface area contributed by atoms with Crippen molar-refractivity contribution >= 4 is 5.97 Å². The predicted molar refractivity (Wildman–Crippen MR) is 53.2 cm³/mol. The van der Waals surface area contributed by atoms with Gasteiger partial charge in [-0.1, -0.05) is 6.58 Å². The lowest BCUT2D eigenvalue weighted by Crippen LogP contribution is -2.41. The molecule has 1 unspecified atom stereocenters. The van der Waals surface area contributed by atoms with Crippen molar-refractivity contribution in [2.24, 2.45) is 0 Å². The first kappa shape index (κ1) is 13.9. The molecular weight excluding hydrogens is 202 g/mol. The summed E-state index contributed by atoms with van der Waals surface area (Å²) in [5, 5.41) is 11.4. The third-order valence-electron chi connectivity index (χ3n) is 1.43. The van der Waals surface area contributed by atoms with Gasteiger partial charge in [0.1, 0.15) is 19.6 Å². The summed E-state index contributed by atoms with van der Waals surface area (Å²) < 4.78 is 14.5. The summed E-state index contributed by atoms with van der Waals surface area (Å²) in [6.45, 7) is 5.36. The molecule has 0 rings (SSSR count). The van der Waals surface area contributed by atoms with Crippen molar-refractivity contribution in [1.29, 1.82) is 0 Å². The summed E-state index contributed by atoms with van der Waals surface area (Å²) in [6.07, 6.45) is 0. The number of aliphatic carboxylic acids is 1. The van der Waals surface area contributed by atoms with Crippen molar-refractivity contribution in [2.45, 2.75) is 13.0 Å². The van der Waals surface area contributed by atoms with Crippen molar-refractivity contribution < 1.29 is 24.1 Å². The number of ether oxygens (including phenoxy) is 3. The number of carbonyl (C=O) groups is 1. The molecule has 0 bridgehead atoms. The summed E-state index contributed by atoms with van der Waals surface area (Å²) >= 11 is 0. The van der Waals surface area contributed by atoms with Crippen LogP contribution in [0.5, 0.6) is 0 Å². The van der Waals surface area contributed by atoms with E-state index in [4.69, 9.17) is 14.6 Å². The third-order valence-corrected chi connectivity index (χ3v) is 1.43. The topological polar surface area (TPSA) is 77.0 Å². The first-order chi connectivity index (χ1) is 7.07. The minimum atomic E-state index is -1.00. The van der Waals surface area contributed by atoms with E-state index in [0.29, 0.717) is 5.76 Å². The number of carboxylic acid groups (broad SMARTS) is 1. The Labute approximate surface area is 88.8 Å². The highest BCUT2D eigenvalue weighted by atomic mass is 16.7. The molecule has 1 atom stereocenters. The number of hydrogen-bond acceptors (Lipinski definition) is 5. The largest absolute Gasteiger partial charge is 0.484 e. The number of rotatable bonds is 9. The summed E-state index contributed by atoms with van der Waals surface area (Å²) in [6, 6.07) is -0.820. The zero-order valence-electron chi connectivity index (χ0n) is 8.99. The van der Waals surface area contributed by atoms with Gasteiger partial charge in [0.05, 0.1) is 12.4 Å². The van der Waals surface area contributed by atoms with Crippen LogP contribution in [0.2, 0.25) is 0 Å². The summed E-state index contributed by atoms with van der Waals surface area (Å²) in [5.41, 5.74) is 0. The van der Waals surface area contributed by atoms with Gasteiger partial charge in [-0.3, -0.25) is 10.1 Å². The summed E-state index contributed by atoms with van der Waals surface area (Å²) in [5.74, 6) is -0.485. The Hall–Kier alpha value is -1.11. The van der Waals surface area contributed by atoms with E-state index >= 15 is 0 Å². The molecule has 0 aromatic heterocycles. The number of hydrogen-bond donors (Lipinski definition) is 2. The van der Waals surface area contributed by atoms with Gasteiger partial charge in [0.15, 0.2) is 0 Å². The van der Waals surface area contributed by atoms with E-state index in [2.05, 4.69) is 16.6 Å². The van der Waals surface area contributed by atoms with Gasteiger partial charge in [-0.25, -0.2) is 0 Å². The third kappa shape index (κ3) is 7.92. The van der Waals surface area contributed by atoms with Crippen LogP contribution >= 0.6 is 0 Å². The van der Waals surface area contributed by atoms with Crippen molar-refractivity contribution in [3.63, 3.8) is 0 Å². The van der Waals surface area contributed by atoms with E-state index in [0.717, 1.165) is 0 Å². The van der Waals surface area contributed by atoms with Crippen LogP contribution in [0.1, 0.15) is 6.92 Å². The van der Waals surface area contributed by atoms with Gasteiger partial charge < -0.3 is 19.3 Å². The molecule has 0 aliphatic carbocycles. The molecule has 2 N–H and O–H groups in total. The Morgan fingerprint density at radius 3 is 2.73 bits per heavy atom. The van der Waals surface area contributed by atoms with Crippen molar-refractivity contribution in [3.05, 3.63) is 12.3 Å². The number of allylic oxidation sites excluding steroid dienone is 1. The molecule has 6 nitrogen and oxygen atoms in total. The van der Waals surface area contributed by atoms with Crippen molar-refractivity contribution in [3.8, 4) is 0 Å². The molecule has 0 radical (unpaired) electrons. The molecule has 88 valence electrons. The van der Waals surface area contributed by atoms with Gasteiger partial charge in [-0.05, 0) is 6.92 Å². The predicted octanol–water partition coefficient (Wildman–Crippen LogP) is 0.157. The van der Waals surface area contributed by atoms with Crippen LogP contribution in [-0.4, -0.2) is 44.4 Å². The monoisotopic (exact) mass is 219 g/mol. The molecule has 0 saturated carbocycles. The fraction of sp³-hybridized carbons (Fsp3) is 0.667. The smallest absolute Gasteiger partial charge is 0.323 e. The summed E-state index contributed by atoms with van der Waals surface area (Å²) in [7, 11) is 1.47. The average Bonchev–Trinajstić information content (AvgIpc) is 2.15. The van der Waals surface area contributed by atoms with Crippen LogP contribution in [0.3, 0.4) is 0 Å². The van der Waals surface area contributed by atoms with Crippen molar-refractivity contribution in [1.82, 2.24) is 5.32 Å². The van der Waals surface area contributed by atoms with E-state index in [1.807, 2.05) is 0 Å². The van der Waals surface area contributed by atoms with E-state index in [-0.39, 0.29) is 20.1 Å². The molecule has 0 aliphatic heterocycles. The van der Waals surface area contributed by atoms with Gasteiger partial charge in [0.2, 0.25) is 0 Å². The normalized spacial score (nSPS) is 12.1. The van der Waals surface area contributed by atoms with Crippen LogP contribution in [0.25, 0.3) is 0 Å². The maximum absolute atomic E-state index is 10.7. The van der Waals surface area contributed by atoms with Gasteiger partial charge >= 0.3 is 5.97 Å². The van der Waals surface area contributed by atoms with Crippen molar-refractivity contribution in [2.75, 3.05) is 27.2 Å². The second-order valence-corrected chi connectivity index (χ2v) is 2.86. The molecule has 0 aromatic carbocycles. The highest BCUT2D eigenvalue weighted by Gasteiger charge is 2.16. The molecule has 0 saturated heterocycles. The molecule has 0 aromatic rings. The zero-order valence-corrected chi connectivity index (χ0v) is 8.99. The lowest BCUT2D eigenvalue weighted by molar-refractivity contribution is -0.143. The maximum Gasteiger partial charge on any atom is 0.323 e. The van der Waals surface area contributed by atoms with Crippen LogP contribution in [-0.2, 0) is 19.0 Å². The average molecular weight is 219 g/mol. The number of nitrogens with one attached hydrogen (secondary N) is 1. The molecule has 0 heterocycles. The first-order valence-electron chi connectivity index (χ1n) is 4.39. The Kier molecular flexibility index (Phi) is 7.61. The van der Waals surface area contributed by atoms with Crippen LogP contribution in [0, 0.1) is 0 Å².